The van der Waals surface area contributed by atoms with E-state index in [9.17, 15) is 22.8 Å². The van der Waals surface area contributed by atoms with Gasteiger partial charge in [-0.2, -0.15) is 13.2 Å². The number of alkyl halides is 3. The Balaban J connectivity index is 2.54. The minimum absolute atomic E-state index is 0.239. The van der Waals surface area contributed by atoms with Crippen molar-refractivity contribution in [1.82, 2.24) is 10.2 Å². The molecule has 0 aromatic heterocycles. The van der Waals surface area contributed by atoms with Gasteiger partial charge in [-0.1, -0.05) is 13.3 Å². The van der Waals surface area contributed by atoms with Crippen molar-refractivity contribution in [2.75, 3.05) is 19.6 Å². The number of nitrogens with zero attached hydrogens (tertiary/aromatic N) is 1. The summed E-state index contributed by atoms with van der Waals surface area (Å²) in [5.41, 5.74) is 0. The molecule has 2 unspecified atom stereocenters. The molecule has 8 heteroatoms. The molecule has 1 rings (SSSR count). The molecule has 0 saturated carbocycles. The molecule has 2 N–H and O–H groups in total. The molecule has 5 nitrogen and oxygen atoms in total. The van der Waals surface area contributed by atoms with Crippen LogP contribution in [0.1, 0.15) is 26.2 Å². The van der Waals surface area contributed by atoms with Gasteiger partial charge in [-0.15, -0.1) is 0 Å². The zero-order chi connectivity index (χ0) is 15.3. The number of likely N-dealkylation sites (tertiary alicyclic amines) is 1. The van der Waals surface area contributed by atoms with E-state index in [4.69, 9.17) is 5.11 Å². The van der Waals surface area contributed by atoms with Crippen LogP contribution in [0.25, 0.3) is 0 Å². The molecule has 0 radical (unpaired) electrons. The monoisotopic (exact) mass is 296 g/mol. The summed E-state index contributed by atoms with van der Waals surface area (Å²) in [6.07, 6.45) is -2.51. The van der Waals surface area contributed by atoms with E-state index in [1.807, 2.05) is 12.2 Å². The van der Waals surface area contributed by atoms with Gasteiger partial charge >= 0.3 is 12.1 Å². The van der Waals surface area contributed by atoms with Gasteiger partial charge in [0.15, 0.2) is 0 Å². The summed E-state index contributed by atoms with van der Waals surface area (Å²) >= 11 is 0. The number of hydrogen-bond donors (Lipinski definition) is 2. The van der Waals surface area contributed by atoms with E-state index in [1.54, 1.807) is 0 Å². The van der Waals surface area contributed by atoms with Crippen molar-refractivity contribution < 1.29 is 27.9 Å². The lowest BCUT2D eigenvalue weighted by Crippen LogP contribution is -2.52. The molecule has 1 fully saturated rings. The highest BCUT2D eigenvalue weighted by Gasteiger charge is 2.35. The molecule has 0 aromatic rings. The van der Waals surface area contributed by atoms with Gasteiger partial charge in [-0.25, -0.2) is 4.79 Å². The minimum atomic E-state index is -4.39. The Kier molecular flexibility index (Phi) is 5.79. The summed E-state index contributed by atoms with van der Waals surface area (Å²) in [6.45, 7) is 0.468. The number of aliphatic carboxylic acids is 1. The van der Waals surface area contributed by atoms with Crippen LogP contribution < -0.4 is 5.32 Å². The van der Waals surface area contributed by atoms with Crippen LogP contribution in [-0.2, 0) is 9.59 Å². The first-order valence-corrected chi connectivity index (χ1v) is 6.54. The van der Waals surface area contributed by atoms with Gasteiger partial charge in [0.25, 0.3) is 0 Å². The van der Waals surface area contributed by atoms with Crippen LogP contribution in [0.2, 0.25) is 0 Å². The van der Waals surface area contributed by atoms with E-state index in [-0.39, 0.29) is 12.5 Å². The van der Waals surface area contributed by atoms with E-state index in [1.165, 1.54) is 0 Å². The van der Waals surface area contributed by atoms with E-state index in [2.05, 4.69) is 0 Å². The topological polar surface area (TPSA) is 69.6 Å². The number of nitrogens with one attached hydrogen (secondary N) is 1. The molecule has 0 aromatic carbocycles. The lowest BCUT2D eigenvalue weighted by atomic mass is 9.89. The van der Waals surface area contributed by atoms with Crippen molar-refractivity contribution in [3.63, 3.8) is 0 Å². The van der Waals surface area contributed by atoms with E-state index < -0.39 is 37.2 Å². The summed E-state index contributed by atoms with van der Waals surface area (Å²) in [4.78, 5) is 24.2. The molecule has 2 atom stereocenters. The largest absolute Gasteiger partial charge is 0.480 e. The molecule has 0 spiro atoms. The van der Waals surface area contributed by atoms with Gasteiger partial charge in [0.2, 0.25) is 5.91 Å². The number of carbonyl (C=O) groups excluding carboxylic acids is 1. The number of carboxylic acids is 1. The molecule has 0 bridgehead atoms. The van der Waals surface area contributed by atoms with Gasteiger partial charge in [0, 0.05) is 6.54 Å². The third kappa shape index (κ3) is 4.99. The first-order chi connectivity index (χ1) is 9.24. The SMILES string of the molecule is CCC1CCN(C(=O)CNCC(F)(F)F)C(C(=O)O)C1. The number of rotatable bonds is 5. The third-order valence-electron chi connectivity index (χ3n) is 3.50. The predicted molar refractivity (Wildman–Crippen MR) is 65.1 cm³/mol. The maximum atomic E-state index is 12.0. The number of halogens is 3. The van der Waals surface area contributed by atoms with Crippen LogP contribution in [0.5, 0.6) is 0 Å². The van der Waals surface area contributed by atoms with Gasteiger partial charge in [0.05, 0.1) is 13.1 Å². The number of hydrogen-bond acceptors (Lipinski definition) is 3. The molecule has 0 aliphatic carbocycles. The molecule has 116 valence electrons. The Labute approximate surface area is 115 Å². The average Bonchev–Trinajstić information content (AvgIpc) is 2.36. The maximum Gasteiger partial charge on any atom is 0.401 e. The van der Waals surface area contributed by atoms with Gasteiger partial charge in [-0.05, 0) is 18.8 Å². The number of amides is 1. The van der Waals surface area contributed by atoms with Gasteiger partial charge < -0.3 is 15.3 Å². The second-order valence-electron chi connectivity index (χ2n) is 4.96. The Morgan fingerprint density at radius 1 is 1.40 bits per heavy atom. The molecular formula is C12H19F3N2O3. The number of carbonyl (C=O) groups is 2. The van der Waals surface area contributed by atoms with Crippen LogP contribution in [0.15, 0.2) is 0 Å². The molecular weight excluding hydrogens is 277 g/mol. The highest BCUT2D eigenvalue weighted by atomic mass is 19.4. The highest BCUT2D eigenvalue weighted by Crippen LogP contribution is 2.25. The minimum Gasteiger partial charge on any atom is -0.480 e. The summed E-state index contributed by atoms with van der Waals surface area (Å²) in [7, 11) is 0. The van der Waals surface area contributed by atoms with E-state index in [0.29, 0.717) is 12.8 Å². The van der Waals surface area contributed by atoms with Crippen molar-refractivity contribution in [3.05, 3.63) is 0 Å². The quantitative estimate of drug-likeness (QED) is 0.801. The Bertz CT molecular complexity index is 360. The molecule has 1 aliphatic heterocycles. The smallest absolute Gasteiger partial charge is 0.401 e. The van der Waals surface area contributed by atoms with Gasteiger partial charge in [0.1, 0.15) is 6.04 Å². The van der Waals surface area contributed by atoms with Crippen molar-refractivity contribution in [1.29, 1.82) is 0 Å². The normalized spacial score (nSPS) is 23.7. The standard InChI is InChI=1S/C12H19F3N2O3/c1-2-8-3-4-17(9(5-8)11(19)20)10(18)6-16-7-12(13,14)15/h8-9,16H,2-7H2,1H3,(H,19,20). The lowest BCUT2D eigenvalue weighted by molar-refractivity contribution is -0.153. The Morgan fingerprint density at radius 3 is 2.55 bits per heavy atom. The fourth-order valence-corrected chi connectivity index (χ4v) is 2.35. The third-order valence-corrected chi connectivity index (χ3v) is 3.50. The van der Waals surface area contributed by atoms with Crippen LogP contribution >= 0.6 is 0 Å². The molecule has 20 heavy (non-hydrogen) atoms. The van der Waals surface area contributed by atoms with Crippen LogP contribution in [0, 0.1) is 5.92 Å². The summed E-state index contributed by atoms with van der Waals surface area (Å²) < 4.78 is 35.9. The molecule has 1 aliphatic rings. The Hall–Kier alpha value is -1.31. The zero-order valence-corrected chi connectivity index (χ0v) is 11.2. The number of piperidine rings is 1. The first-order valence-electron chi connectivity index (χ1n) is 6.54. The first kappa shape index (κ1) is 16.7. The van der Waals surface area contributed by atoms with Crippen molar-refractivity contribution in [2.45, 2.75) is 38.4 Å². The number of carboxylic acid groups (broad SMARTS) is 1. The molecule has 1 heterocycles. The lowest BCUT2D eigenvalue weighted by Gasteiger charge is -2.37. The van der Waals surface area contributed by atoms with Crippen molar-refractivity contribution in [3.8, 4) is 0 Å². The average molecular weight is 296 g/mol. The fraction of sp³-hybridized carbons (Fsp3) is 0.833. The van der Waals surface area contributed by atoms with E-state index in [0.717, 1.165) is 11.3 Å². The summed E-state index contributed by atoms with van der Waals surface area (Å²) in [5.74, 6) is -1.47. The Morgan fingerprint density at radius 2 is 2.05 bits per heavy atom. The van der Waals surface area contributed by atoms with Crippen molar-refractivity contribution >= 4 is 11.9 Å². The van der Waals surface area contributed by atoms with Crippen LogP contribution in [-0.4, -0.2) is 53.7 Å². The fourth-order valence-electron chi connectivity index (χ4n) is 2.35. The summed E-state index contributed by atoms with van der Waals surface area (Å²) in [5, 5.41) is 11.1. The maximum absolute atomic E-state index is 12.0. The van der Waals surface area contributed by atoms with Crippen molar-refractivity contribution in [2.24, 2.45) is 5.92 Å². The highest BCUT2D eigenvalue weighted by molar-refractivity contribution is 5.85. The molecule has 1 amide bonds. The molecule has 1 saturated heterocycles. The second-order valence-corrected chi connectivity index (χ2v) is 4.96. The van der Waals surface area contributed by atoms with Gasteiger partial charge in [-0.3, -0.25) is 4.79 Å². The van der Waals surface area contributed by atoms with Crippen LogP contribution in [0.3, 0.4) is 0 Å². The predicted octanol–water partition coefficient (Wildman–Crippen LogP) is 1.24. The summed E-state index contributed by atoms with van der Waals surface area (Å²) in [6, 6.07) is -0.936. The second kappa shape index (κ2) is 6.92. The zero-order valence-electron chi connectivity index (χ0n) is 11.2. The van der Waals surface area contributed by atoms with Crippen LogP contribution in [0.4, 0.5) is 13.2 Å². The van der Waals surface area contributed by atoms with E-state index >= 15 is 0 Å².